The van der Waals surface area contributed by atoms with Gasteiger partial charge in [0.1, 0.15) is 5.82 Å². The van der Waals surface area contributed by atoms with Crippen LogP contribution in [0.25, 0.3) is 0 Å². The maximum atomic E-state index is 14.0. The third kappa shape index (κ3) is 4.45. The molecule has 0 spiro atoms. The molecule has 1 aromatic heterocycles. The Balaban J connectivity index is 1.93. The zero-order chi connectivity index (χ0) is 18.0. The Bertz CT molecular complexity index is 583. The van der Waals surface area contributed by atoms with Crippen molar-refractivity contribution in [2.75, 3.05) is 24.6 Å². The number of pyridine rings is 1. The molecule has 1 aromatic rings. The van der Waals surface area contributed by atoms with Crippen LogP contribution in [-0.4, -0.2) is 33.0 Å². The first-order valence-corrected chi connectivity index (χ1v) is 11.7. The fourth-order valence-electron chi connectivity index (χ4n) is 2.66. The van der Waals surface area contributed by atoms with Gasteiger partial charge in [0.25, 0.3) is 0 Å². The van der Waals surface area contributed by atoms with Gasteiger partial charge in [0.05, 0.1) is 0 Å². The summed E-state index contributed by atoms with van der Waals surface area (Å²) in [5.41, 5.74) is 0.603. The Morgan fingerprint density at radius 2 is 2.12 bits per heavy atom. The normalized spacial score (nSPS) is 18.9. The highest BCUT2D eigenvalue weighted by atomic mass is 28.4. The number of hydrogen-bond acceptors (Lipinski definition) is 3. The second-order valence-corrected chi connectivity index (χ2v) is 13.1. The molecule has 2 heterocycles. The lowest BCUT2D eigenvalue weighted by atomic mass is 10.1. The highest BCUT2D eigenvalue weighted by molar-refractivity contribution is 6.74. The van der Waals surface area contributed by atoms with Crippen LogP contribution in [0.3, 0.4) is 0 Å². The number of anilines is 1. The number of rotatable bonds is 6. The second-order valence-electron chi connectivity index (χ2n) is 8.28. The summed E-state index contributed by atoms with van der Waals surface area (Å²) in [5.74, 6) is 0.848. The molecule has 0 saturated carbocycles. The SMILES string of the molecule is C=CCc1ccc(N2CC[C@@H](CO[Si](C)(C)C(C)(C)C)C2)nc1F. The van der Waals surface area contributed by atoms with Crippen molar-refractivity contribution in [3.05, 3.63) is 36.3 Å². The highest BCUT2D eigenvalue weighted by Gasteiger charge is 2.38. The summed E-state index contributed by atoms with van der Waals surface area (Å²) < 4.78 is 20.4. The molecule has 0 aliphatic carbocycles. The minimum absolute atomic E-state index is 0.233. The van der Waals surface area contributed by atoms with Crippen LogP contribution in [0.1, 0.15) is 32.8 Å². The summed E-state index contributed by atoms with van der Waals surface area (Å²) in [6.07, 6.45) is 3.29. The highest BCUT2D eigenvalue weighted by Crippen LogP contribution is 2.37. The zero-order valence-electron chi connectivity index (χ0n) is 15.7. The summed E-state index contributed by atoms with van der Waals surface area (Å²) >= 11 is 0. The van der Waals surface area contributed by atoms with Crippen molar-refractivity contribution >= 4 is 14.1 Å². The number of halogens is 1. The van der Waals surface area contributed by atoms with Gasteiger partial charge in [0.15, 0.2) is 8.32 Å². The van der Waals surface area contributed by atoms with E-state index in [1.165, 1.54) is 0 Å². The molecule has 1 aliphatic heterocycles. The lowest BCUT2D eigenvalue weighted by molar-refractivity contribution is 0.238. The van der Waals surface area contributed by atoms with Crippen LogP contribution in [0.15, 0.2) is 24.8 Å². The third-order valence-electron chi connectivity index (χ3n) is 5.37. The lowest BCUT2D eigenvalue weighted by Gasteiger charge is -2.37. The Kier molecular flexibility index (Phi) is 5.86. The summed E-state index contributed by atoms with van der Waals surface area (Å²) in [7, 11) is -1.70. The van der Waals surface area contributed by atoms with Gasteiger partial charge in [-0.15, -0.1) is 6.58 Å². The van der Waals surface area contributed by atoms with Crippen molar-refractivity contribution in [3.8, 4) is 0 Å². The van der Waals surface area contributed by atoms with Crippen LogP contribution >= 0.6 is 0 Å². The largest absolute Gasteiger partial charge is 0.416 e. The molecule has 0 bridgehead atoms. The average molecular weight is 351 g/mol. The molecule has 0 radical (unpaired) electrons. The van der Waals surface area contributed by atoms with Crippen LogP contribution in [0.5, 0.6) is 0 Å². The van der Waals surface area contributed by atoms with E-state index in [1.54, 1.807) is 6.08 Å². The van der Waals surface area contributed by atoms with Gasteiger partial charge >= 0.3 is 0 Å². The van der Waals surface area contributed by atoms with E-state index in [0.717, 1.165) is 31.9 Å². The van der Waals surface area contributed by atoms with Crippen LogP contribution in [0.2, 0.25) is 18.1 Å². The van der Waals surface area contributed by atoms with E-state index in [1.807, 2.05) is 12.1 Å². The van der Waals surface area contributed by atoms with Gasteiger partial charge in [-0.2, -0.15) is 4.39 Å². The van der Waals surface area contributed by atoms with Gasteiger partial charge in [-0.05, 0) is 37.0 Å². The van der Waals surface area contributed by atoms with Crippen molar-refractivity contribution < 1.29 is 8.82 Å². The van der Waals surface area contributed by atoms with Gasteiger partial charge in [0.2, 0.25) is 5.95 Å². The quantitative estimate of drug-likeness (QED) is 0.419. The van der Waals surface area contributed by atoms with Gasteiger partial charge < -0.3 is 9.33 Å². The summed E-state index contributed by atoms with van der Waals surface area (Å²) in [6, 6.07) is 3.73. The van der Waals surface area contributed by atoms with Crippen molar-refractivity contribution in [3.63, 3.8) is 0 Å². The van der Waals surface area contributed by atoms with Crippen LogP contribution in [0.4, 0.5) is 10.2 Å². The smallest absolute Gasteiger partial charge is 0.218 e. The molecule has 0 aromatic carbocycles. The van der Waals surface area contributed by atoms with Crippen molar-refractivity contribution in [1.29, 1.82) is 0 Å². The molecule has 5 heteroatoms. The third-order valence-corrected chi connectivity index (χ3v) is 9.87. The van der Waals surface area contributed by atoms with E-state index in [9.17, 15) is 4.39 Å². The van der Waals surface area contributed by atoms with E-state index < -0.39 is 8.32 Å². The molecular formula is C19H31FN2OSi. The number of allylic oxidation sites excluding steroid dienone is 1. The topological polar surface area (TPSA) is 25.4 Å². The number of hydrogen-bond donors (Lipinski definition) is 0. The predicted molar refractivity (Wildman–Crippen MR) is 102 cm³/mol. The lowest BCUT2D eigenvalue weighted by Crippen LogP contribution is -2.42. The molecule has 0 N–H and O–H groups in total. The molecule has 3 nitrogen and oxygen atoms in total. The van der Waals surface area contributed by atoms with Crippen molar-refractivity contribution in [2.45, 2.75) is 51.7 Å². The minimum atomic E-state index is -1.70. The Labute approximate surface area is 147 Å². The molecule has 0 amide bonds. The Morgan fingerprint density at radius 1 is 1.42 bits per heavy atom. The van der Waals surface area contributed by atoms with Crippen molar-refractivity contribution in [1.82, 2.24) is 4.98 Å². The molecule has 1 atom stereocenters. The van der Waals surface area contributed by atoms with Gasteiger partial charge in [-0.1, -0.05) is 32.9 Å². The van der Waals surface area contributed by atoms with Crippen LogP contribution < -0.4 is 4.90 Å². The average Bonchev–Trinajstić information content (AvgIpc) is 2.95. The molecule has 0 unspecified atom stereocenters. The molecule has 1 aliphatic rings. The maximum absolute atomic E-state index is 14.0. The number of aromatic nitrogens is 1. The predicted octanol–water partition coefficient (Wildman–Crippen LogP) is 4.80. The van der Waals surface area contributed by atoms with Gasteiger partial charge in [-0.3, -0.25) is 0 Å². The molecule has 2 rings (SSSR count). The maximum Gasteiger partial charge on any atom is 0.218 e. The first-order valence-electron chi connectivity index (χ1n) is 8.79. The second kappa shape index (κ2) is 7.36. The summed E-state index contributed by atoms with van der Waals surface area (Å²) in [6.45, 7) is 17.6. The number of nitrogens with zero attached hydrogens (tertiary/aromatic N) is 2. The van der Waals surface area contributed by atoms with Gasteiger partial charge in [-0.25, -0.2) is 4.98 Å². The first kappa shape index (κ1) is 19.1. The fourth-order valence-corrected chi connectivity index (χ4v) is 3.74. The van der Waals surface area contributed by atoms with E-state index in [-0.39, 0.29) is 11.0 Å². The monoisotopic (exact) mass is 350 g/mol. The van der Waals surface area contributed by atoms with E-state index in [2.05, 4.69) is 50.3 Å². The van der Waals surface area contributed by atoms with Gasteiger partial charge in [0, 0.05) is 31.2 Å². The summed E-state index contributed by atoms with van der Waals surface area (Å²) in [5, 5.41) is 0.233. The molecule has 134 valence electrons. The first-order chi connectivity index (χ1) is 11.1. The standard InChI is InChI=1S/C19H31FN2OSi/c1-7-8-16-9-10-17(21-18(16)20)22-12-11-15(13-22)14-23-24(5,6)19(2,3)4/h7,9-10,15H,1,8,11-14H2,2-6H3/t15-/m1/s1. The Morgan fingerprint density at radius 3 is 2.71 bits per heavy atom. The zero-order valence-corrected chi connectivity index (χ0v) is 16.7. The van der Waals surface area contributed by atoms with E-state index in [0.29, 0.717) is 17.9 Å². The summed E-state index contributed by atoms with van der Waals surface area (Å²) in [4.78, 5) is 6.30. The van der Waals surface area contributed by atoms with E-state index in [4.69, 9.17) is 4.43 Å². The minimum Gasteiger partial charge on any atom is -0.416 e. The molecule has 1 saturated heterocycles. The fraction of sp³-hybridized carbons (Fsp3) is 0.632. The molecular weight excluding hydrogens is 319 g/mol. The van der Waals surface area contributed by atoms with Crippen molar-refractivity contribution in [2.24, 2.45) is 5.92 Å². The van der Waals surface area contributed by atoms with E-state index >= 15 is 0 Å². The molecule has 24 heavy (non-hydrogen) atoms. The van der Waals surface area contributed by atoms with Crippen LogP contribution in [-0.2, 0) is 10.8 Å². The van der Waals surface area contributed by atoms with Crippen LogP contribution in [0, 0.1) is 11.9 Å². The Hall–Kier alpha value is -1.20. The molecule has 1 fully saturated rings.